The molecular formula is C17H27NO3. The predicted molar refractivity (Wildman–Crippen MR) is 85.0 cm³/mol. The third kappa shape index (κ3) is 6.52. The van der Waals surface area contributed by atoms with Crippen molar-refractivity contribution in [3.8, 4) is 11.5 Å². The van der Waals surface area contributed by atoms with Gasteiger partial charge in [0.1, 0.15) is 0 Å². The number of rotatable bonds is 7. The Kier molecular flexibility index (Phi) is 6.53. The third-order valence-electron chi connectivity index (χ3n) is 2.76. The zero-order valence-electron chi connectivity index (χ0n) is 13.8. The van der Waals surface area contributed by atoms with Crippen LogP contribution in [0, 0.1) is 0 Å². The molecule has 4 nitrogen and oxygen atoms in total. The number of benzene rings is 1. The summed E-state index contributed by atoms with van der Waals surface area (Å²) in [5.74, 6) is 1.56. The number of carbonyl (C=O) groups is 1. The molecule has 1 rings (SSSR count). The lowest BCUT2D eigenvalue weighted by Gasteiger charge is -2.20. The van der Waals surface area contributed by atoms with Gasteiger partial charge in [0.05, 0.1) is 13.2 Å². The molecular weight excluding hydrogens is 266 g/mol. The van der Waals surface area contributed by atoms with Crippen LogP contribution in [-0.4, -0.2) is 24.7 Å². The Morgan fingerprint density at radius 1 is 1.10 bits per heavy atom. The molecule has 0 aliphatic heterocycles. The van der Waals surface area contributed by atoms with Crippen molar-refractivity contribution in [1.82, 2.24) is 5.32 Å². The highest BCUT2D eigenvalue weighted by atomic mass is 16.5. The molecule has 0 fully saturated rings. The fourth-order valence-corrected chi connectivity index (χ4v) is 1.99. The van der Waals surface area contributed by atoms with Gasteiger partial charge in [-0.15, -0.1) is 0 Å². The highest BCUT2D eigenvalue weighted by Crippen LogP contribution is 2.29. The van der Waals surface area contributed by atoms with Gasteiger partial charge in [0.2, 0.25) is 5.91 Å². The summed E-state index contributed by atoms with van der Waals surface area (Å²) in [6.07, 6.45) is 1.16. The first-order chi connectivity index (χ1) is 9.85. The van der Waals surface area contributed by atoms with E-state index in [1.54, 1.807) is 0 Å². The van der Waals surface area contributed by atoms with Gasteiger partial charge >= 0.3 is 0 Å². The van der Waals surface area contributed by atoms with Gasteiger partial charge < -0.3 is 14.8 Å². The summed E-state index contributed by atoms with van der Waals surface area (Å²) in [4.78, 5) is 11.8. The van der Waals surface area contributed by atoms with Gasteiger partial charge in [-0.1, -0.05) is 6.07 Å². The number of amides is 1. The van der Waals surface area contributed by atoms with Gasteiger partial charge in [0, 0.05) is 12.0 Å². The van der Waals surface area contributed by atoms with Crippen molar-refractivity contribution in [1.29, 1.82) is 0 Å². The Hall–Kier alpha value is -1.71. The Morgan fingerprint density at radius 3 is 2.29 bits per heavy atom. The fraction of sp³-hybridized carbons (Fsp3) is 0.588. The number of hydrogen-bond acceptors (Lipinski definition) is 3. The summed E-state index contributed by atoms with van der Waals surface area (Å²) in [6, 6.07) is 5.85. The zero-order valence-corrected chi connectivity index (χ0v) is 13.8. The molecule has 1 aromatic rings. The van der Waals surface area contributed by atoms with E-state index in [4.69, 9.17) is 9.47 Å². The minimum Gasteiger partial charge on any atom is -0.490 e. The molecule has 21 heavy (non-hydrogen) atoms. The second-order valence-corrected chi connectivity index (χ2v) is 5.95. The number of ether oxygens (including phenoxy) is 2. The average Bonchev–Trinajstić information content (AvgIpc) is 2.37. The molecule has 0 radical (unpaired) electrons. The Bertz CT molecular complexity index is 464. The van der Waals surface area contributed by atoms with Crippen molar-refractivity contribution in [3.05, 3.63) is 23.8 Å². The van der Waals surface area contributed by atoms with Crippen molar-refractivity contribution in [2.75, 3.05) is 13.2 Å². The molecule has 0 atom stereocenters. The molecule has 0 aliphatic rings. The maximum Gasteiger partial charge on any atom is 0.220 e. The quantitative estimate of drug-likeness (QED) is 0.839. The van der Waals surface area contributed by atoms with Gasteiger partial charge in [-0.25, -0.2) is 0 Å². The zero-order chi connectivity index (χ0) is 15.9. The lowest BCUT2D eigenvalue weighted by Crippen LogP contribution is -2.40. The van der Waals surface area contributed by atoms with Crippen molar-refractivity contribution in [2.24, 2.45) is 0 Å². The van der Waals surface area contributed by atoms with E-state index in [0.717, 1.165) is 17.1 Å². The first-order valence-electron chi connectivity index (χ1n) is 7.55. The van der Waals surface area contributed by atoms with Crippen molar-refractivity contribution >= 4 is 5.91 Å². The number of hydrogen-bond donors (Lipinski definition) is 1. The molecule has 0 bridgehead atoms. The molecule has 118 valence electrons. The van der Waals surface area contributed by atoms with E-state index < -0.39 is 0 Å². The number of nitrogens with one attached hydrogen (secondary N) is 1. The second-order valence-electron chi connectivity index (χ2n) is 5.95. The molecule has 0 aromatic heterocycles. The van der Waals surface area contributed by atoms with E-state index in [1.807, 2.05) is 52.8 Å². The highest BCUT2D eigenvalue weighted by molar-refractivity contribution is 5.76. The minimum absolute atomic E-state index is 0.0642. The molecule has 1 amide bonds. The van der Waals surface area contributed by atoms with Crippen LogP contribution in [0.2, 0.25) is 0 Å². The largest absolute Gasteiger partial charge is 0.490 e. The van der Waals surface area contributed by atoms with E-state index in [2.05, 4.69) is 5.32 Å². The molecule has 0 saturated heterocycles. The van der Waals surface area contributed by atoms with Crippen LogP contribution in [0.15, 0.2) is 18.2 Å². The smallest absolute Gasteiger partial charge is 0.220 e. The van der Waals surface area contributed by atoms with Gasteiger partial charge in [0.15, 0.2) is 11.5 Å². The van der Waals surface area contributed by atoms with Crippen LogP contribution in [0.3, 0.4) is 0 Å². The molecule has 0 unspecified atom stereocenters. The molecule has 0 heterocycles. The molecule has 0 spiro atoms. The van der Waals surface area contributed by atoms with Crippen LogP contribution < -0.4 is 14.8 Å². The highest BCUT2D eigenvalue weighted by Gasteiger charge is 2.14. The normalized spacial score (nSPS) is 11.1. The molecule has 0 saturated carbocycles. The monoisotopic (exact) mass is 293 g/mol. The maximum absolute atomic E-state index is 11.8. The van der Waals surface area contributed by atoms with Crippen LogP contribution in [-0.2, 0) is 11.2 Å². The van der Waals surface area contributed by atoms with Gasteiger partial charge in [-0.3, -0.25) is 4.79 Å². The summed E-state index contributed by atoms with van der Waals surface area (Å²) >= 11 is 0. The molecule has 4 heteroatoms. The maximum atomic E-state index is 11.8. The first kappa shape index (κ1) is 17.3. The van der Waals surface area contributed by atoms with Crippen LogP contribution in [0.5, 0.6) is 11.5 Å². The lowest BCUT2D eigenvalue weighted by atomic mass is 10.1. The fourth-order valence-electron chi connectivity index (χ4n) is 1.99. The first-order valence-corrected chi connectivity index (χ1v) is 7.55. The molecule has 0 aliphatic carbocycles. The Balaban J connectivity index is 2.67. The van der Waals surface area contributed by atoms with Crippen LogP contribution in [0.25, 0.3) is 0 Å². The standard InChI is InChI=1S/C17H27NO3/c1-6-20-14-10-8-13(12-15(14)21-7-2)9-11-16(19)18-17(3,4)5/h8,10,12H,6-7,9,11H2,1-5H3,(H,18,19). The van der Waals surface area contributed by atoms with Gasteiger partial charge in [-0.2, -0.15) is 0 Å². The Labute approximate surface area is 127 Å². The van der Waals surface area contributed by atoms with E-state index in [0.29, 0.717) is 26.1 Å². The summed E-state index contributed by atoms with van der Waals surface area (Å²) in [5.41, 5.74) is 0.887. The van der Waals surface area contributed by atoms with E-state index in [-0.39, 0.29) is 11.4 Å². The van der Waals surface area contributed by atoms with Crippen LogP contribution >= 0.6 is 0 Å². The van der Waals surface area contributed by atoms with Crippen molar-refractivity contribution in [3.63, 3.8) is 0 Å². The predicted octanol–water partition coefficient (Wildman–Crippen LogP) is 3.33. The minimum atomic E-state index is -0.188. The summed E-state index contributed by atoms with van der Waals surface area (Å²) < 4.78 is 11.1. The summed E-state index contributed by atoms with van der Waals surface area (Å²) in [5, 5.41) is 2.97. The molecule has 1 N–H and O–H groups in total. The number of carbonyl (C=O) groups excluding carboxylic acids is 1. The average molecular weight is 293 g/mol. The third-order valence-corrected chi connectivity index (χ3v) is 2.76. The van der Waals surface area contributed by atoms with Crippen LogP contribution in [0.1, 0.15) is 46.6 Å². The van der Waals surface area contributed by atoms with Crippen molar-refractivity contribution in [2.45, 2.75) is 53.0 Å². The van der Waals surface area contributed by atoms with Crippen LogP contribution in [0.4, 0.5) is 0 Å². The topological polar surface area (TPSA) is 47.6 Å². The van der Waals surface area contributed by atoms with Gasteiger partial charge in [0.25, 0.3) is 0 Å². The Morgan fingerprint density at radius 2 is 1.71 bits per heavy atom. The van der Waals surface area contributed by atoms with Crippen molar-refractivity contribution < 1.29 is 14.3 Å². The molecule has 1 aromatic carbocycles. The summed E-state index contributed by atoms with van der Waals surface area (Å²) in [7, 11) is 0. The van der Waals surface area contributed by atoms with E-state index in [1.165, 1.54) is 0 Å². The second kappa shape index (κ2) is 7.91. The summed E-state index contributed by atoms with van der Waals surface area (Å²) in [6.45, 7) is 11.0. The van der Waals surface area contributed by atoms with E-state index >= 15 is 0 Å². The van der Waals surface area contributed by atoms with E-state index in [9.17, 15) is 4.79 Å². The number of aryl methyl sites for hydroxylation is 1. The SMILES string of the molecule is CCOc1ccc(CCC(=O)NC(C)(C)C)cc1OCC. The van der Waals surface area contributed by atoms with Gasteiger partial charge in [-0.05, 0) is 58.7 Å². The lowest BCUT2D eigenvalue weighted by molar-refractivity contribution is -0.122.